The van der Waals surface area contributed by atoms with E-state index in [9.17, 15) is 4.79 Å². The first-order chi connectivity index (χ1) is 9.69. The minimum atomic E-state index is 0.130. The average molecular weight is 276 g/mol. The van der Waals surface area contributed by atoms with Crippen molar-refractivity contribution in [2.45, 2.75) is 38.8 Å². The first kappa shape index (κ1) is 13.5. The predicted molar refractivity (Wildman–Crippen MR) is 79.6 cm³/mol. The van der Waals surface area contributed by atoms with Crippen molar-refractivity contribution in [3.8, 4) is 0 Å². The quantitative estimate of drug-likeness (QED) is 0.908. The van der Waals surface area contributed by atoms with Gasteiger partial charge in [-0.25, -0.2) is 0 Å². The summed E-state index contributed by atoms with van der Waals surface area (Å²) in [4.78, 5) is 17.2. The molecule has 2 N–H and O–H groups in total. The lowest BCUT2D eigenvalue weighted by atomic mass is 10.2. The van der Waals surface area contributed by atoms with Crippen LogP contribution in [0.15, 0.2) is 12.3 Å². The van der Waals surface area contributed by atoms with Gasteiger partial charge in [0, 0.05) is 31.9 Å². The number of carbonyl (C=O) groups is 1. The molecule has 0 bridgehead atoms. The molecule has 1 amide bonds. The lowest BCUT2D eigenvalue weighted by molar-refractivity contribution is 0.0769. The molecule has 1 atom stereocenters. The SMILES string of the molecule is CCn1cc(N)cc1C(=O)N1CCC(N2CCCC2)C1. The summed E-state index contributed by atoms with van der Waals surface area (Å²) < 4.78 is 1.95. The molecule has 1 aromatic rings. The Kier molecular flexibility index (Phi) is 3.70. The van der Waals surface area contributed by atoms with Crippen LogP contribution in [0.3, 0.4) is 0 Å². The molecule has 0 radical (unpaired) electrons. The van der Waals surface area contributed by atoms with Gasteiger partial charge in [-0.2, -0.15) is 0 Å². The first-order valence-electron chi connectivity index (χ1n) is 7.68. The van der Waals surface area contributed by atoms with Gasteiger partial charge in [-0.1, -0.05) is 0 Å². The van der Waals surface area contributed by atoms with E-state index in [1.54, 1.807) is 6.07 Å². The second-order valence-corrected chi connectivity index (χ2v) is 5.88. The number of carbonyl (C=O) groups excluding carboxylic acids is 1. The van der Waals surface area contributed by atoms with E-state index in [0.717, 1.165) is 31.7 Å². The number of amides is 1. The van der Waals surface area contributed by atoms with Crippen molar-refractivity contribution in [1.29, 1.82) is 0 Å². The van der Waals surface area contributed by atoms with Crippen LogP contribution in [0.1, 0.15) is 36.7 Å². The van der Waals surface area contributed by atoms with Crippen molar-refractivity contribution in [3.05, 3.63) is 18.0 Å². The number of aromatic nitrogens is 1. The molecule has 2 aliphatic rings. The minimum Gasteiger partial charge on any atom is -0.397 e. The zero-order chi connectivity index (χ0) is 14.1. The Morgan fingerprint density at radius 3 is 2.80 bits per heavy atom. The molecule has 3 rings (SSSR count). The number of anilines is 1. The Bertz CT molecular complexity index is 490. The van der Waals surface area contributed by atoms with Gasteiger partial charge in [0.1, 0.15) is 5.69 Å². The van der Waals surface area contributed by atoms with Crippen LogP contribution in [0, 0.1) is 0 Å². The summed E-state index contributed by atoms with van der Waals surface area (Å²) in [6, 6.07) is 2.36. The normalized spacial score (nSPS) is 23.6. The molecule has 2 fully saturated rings. The third kappa shape index (κ3) is 2.42. The van der Waals surface area contributed by atoms with Crippen LogP contribution in [0.4, 0.5) is 5.69 Å². The van der Waals surface area contributed by atoms with Crippen LogP contribution in [-0.4, -0.2) is 52.5 Å². The number of nitrogens with zero attached hydrogens (tertiary/aromatic N) is 3. The van der Waals surface area contributed by atoms with Crippen molar-refractivity contribution in [3.63, 3.8) is 0 Å². The minimum absolute atomic E-state index is 0.130. The van der Waals surface area contributed by atoms with Crippen molar-refractivity contribution in [2.75, 3.05) is 31.9 Å². The van der Waals surface area contributed by atoms with Crippen LogP contribution in [-0.2, 0) is 6.54 Å². The lowest BCUT2D eigenvalue weighted by Gasteiger charge is -2.23. The highest BCUT2D eigenvalue weighted by Gasteiger charge is 2.32. The maximum absolute atomic E-state index is 12.6. The first-order valence-corrected chi connectivity index (χ1v) is 7.68. The Hall–Kier alpha value is -1.49. The monoisotopic (exact) mass is 276 g/mol. The summed E-state index contributed by atoms with van der Waals surface area (Å²) in [6.45, 7) is 6.95. The number of hydrogen-bond donors (Lipinski definition) is 1. The van der Waals surface area contributed by atoms with Crippen LogP contribution in [0.25, 0.3) is 0 Å². The molecule has 0 spiro atoms. The Morgan fingerprint density at radius 1 is 1.35 bits per heavy atom. The number of likely N-dealkylation sites (tertiary alicyclic amines) is 2. The number of nitrogens with two attached hydrogens (primary N) is 1. The highest BCUT2D eigenvalue weighted by molar-refractivity contribution is 5.94. The second-order valence-electron chi connectivity index (χ2n) is 5.88. The molecule has 2 saturated heterocycles. The fraction of sp³-hybridized carbons (Fsp3) is 0.667. The van der Waals surface area contributed by atoms with Gasteiger partial charge in [-0.15, -0.1) is 0 Å². The van der Waals surface area contributed by atoms with Crippen molar-refractivity contribution < 1.29 is 4.79 Å². The molecular formula is C15H24N4O. The third-order valence-corrected chi connectivity index (χ3v) is 4.59. The highest BCUT2D eigenvalue weighted by Crippen LogP contribution is 2.22. The van der Waals surface area contributed by atoms with E-state index < -0.39 is 0 Å². The van der Waals surface area contributed by atoms with E-state index in [0.29, 0.717) is 11.7 Å². The maximum Gasteiger partial charge on any atom is 0.270 e. The van der Waals surface area contributed by atoms with E-state index in [4.69, 9.17) is 5.73 Å². The van der Waals surface area contributed by atoms with Crippen molar-refractivity contribution in [2.24, 2.45) is 0 Å². The zero-order valence-electron chi connectivity index (χ0n) is 12.2. The van der Waals surface area contributed by atoms with Crippen LogP contribution in [0.2, 0.25) is 0 Å². The van der Waals surface area contributed by atoms with E-state index in [1.807, 2.05) is 22.6 Å². The number of rotatable bonds is 3. The summed E-state index contributed by atoms with van der Waals surface area (Å²) in [6.07, 6.45) is 5.56. The highest BCUT2D eigenvalue weighted by atomic mass is 16.2. The number of nitrogen functional groups attached to an aromatic ring is 1. The van der Waals surface area contributed by atoms with Gasteiger partial charge in [-0.3, -0.25) is 9.69 Å². The number of hydrogen-bond acceptors (Lipinski definition) is 3. The number of aryl methyl sites for hydroxylation is 1. The van der Waals surface area contributed by atoms with Gasteiger partial charge >= 0.3 is 0 Å². The molecule has 3 heterocycles. The second kappa shape index (κ2) is 5.48. The summed E-state index contributed by atoms with van der Waals surface area (Å²) in [7, 11) is 0. The topological polar surface area (TPSA) is 54.5 Å². The molecule has 1 unspecified atom stereocenters. The lowest BCUT2D eigenvalue weighted by Crippen LogP contribution is -2.37. The average Bonchev–Trinajstić information content (AvgIpc) is 3.17. The van der Waals surface area contributed by atoms with Gasteiger partial charge in [0.15, 0.2) is 0 Å². The Labute approximate surface area is 120 Å². The zero-order valence-corrected chi connectivity index (χ0v) is 12.2. The molecule has 20 heavy (non-hydrogen) atoms. The molecule has 110 valence electrons. The molecule has 0 aliphatic carbocycles. The summed E-state index contributed by atoms with van der Waals surface area (Å²) >= 11 is 0. The Morgan fingerprint density at radius 2 is 2.10 bits per heavy atom. The Balaban J connectivity index is 1.68. The fourth-order valence-electron chi connectivity index (χ4n) is 3.47. The smallest absolute Gasteiger partial charge is 0.270 e. The van der Waals surface area contributed by atoms with Gasteiger partial charge in [0.2, 0.25) is 0 Å². The standard InChI is InChI=1S/C15H24N4O/c1-2-17-10-12(16)9-14(17)15(20)19-8-5-13(11-19)18-6-3-4-7-18/h9-10,13H,2-8,11,16H2,1H3. The molecule has 1 aromatic heterocycles. The fourth-order valence-corrected chi connectivity index (χ4v) is 3.47. The molecule has 5 nitrogen and oxygen atoms in total. The van der Waals surface area contributed by atoms with E-state index in [-0.39, 0.29) is 5.91 Å². The van der Waals surface area contributed by atoms with Crippen LogP contribution < -0.4 is 5.73 Å². The van der Waals surface area contributed by atoms with E-state index in [1.165, 1.54) is 25.9 Å². The van der Waals surface area contributed by atoms with Gasteiger partial charge in [0.05, 0.1) is 5.69 Å². The molecule has 0 saturated carbocycles. The molecule has 5 heteroatoms. The maximum atomic E-state index is 12.6. The van der Waals surface area contributed by atoms with E-state index >= 15 is 0 Å². The largest absolute Gasteiger partial charge is 0.397 e. The van der Waals surface area contributed by atoms with Crippen molar-refractivity contribution >= 4 is 11.6 Å². The van der Waals surface area contributed by atoms with E-state index in [2.05, 4.69) is 4.90 Å². The van der Waals surface area contributed by atoms with Crippen molar-refractivity contribution in [1.82, 2.24) is 14.4 Å². The predicted octanol–water partition coefficient (Wildman–Crippen LogP) is 1.40. The molecular weight excluding hydrogens is 252 g/mol. The molecule has 2 aliphatic heterocycles. The summed E-state index contributed by atoms with van der Waals surface area (Å²) in [5, 5.41) is 0. The van der Waals surface area contributed by atoms with Crippen LogP contribution >= 0.6 is 0 Å². The summed E-state index contributed by atoms with van der Waals surface area (Å²) in [5.41, 5.74) is 7.22. The molecule has 0 aromatic carbocycles. The van der Waals surface area contributed by atoms with Crippen LogP contribution in [0.5, 0.6) is 0 Å². The van der Waals surface area contributed by atoms with Gasteiger partial charge in [0.25, 0.3) is 5.91 Å². The van der Waals surface area contributed by atoms with Gasteiger partial charge in [-0.05, 0) is 45.3 Å². The van der Waals surface area contributed by atoms with Gasteiger partial charge < -0.3 is 15.2 Å². The summed E-state index contributed by atoms with van der Waals surface area (Å²) in [5.74, 6) is 0.130. The third-order valence-electron chi connectivity index (χ3n) is 4.59.